The fourth-order valence-corrected chi connectivity index (χ4v) is 0. The van der Waals surface area contributed by atoms with E-state index in [-0.39, 0.29) is 75.2 Å². The van der Waals surface area contributed by atoms with Crippen LogP contribution in [0.4, 0.5) is 0 Å². The molecule has 4 radical (unpaired) electrons. The van der Waals surface area contributed by atoms with Gasteiger partial charge < -0.3 is 0 Å². The van der Waals surface area contributed by atoms with Gasteiger partial charge in [0, 0.05) is 64.3 Å². The van der Waals surface area contributed by atoms with Crippen LogP contribution in [0.2, 0.25) is 0 Å². The maximum atomic E-state index is 0. The molecule has 0 aromatic carbocycles. The van der Waals surface area contributed by atoms with Crippen LogP contribution in [-0.4, -0.2) is 19.4 Å². The third kappa shape index (κ3) is 23.7. The summed E-state index contributed by atoms with van der Waals surface area (Å²) in [5.74, 6) is 0. The Morgan fingerprint density at radius 3 is 0.800 bits per heavy atom. The standard InChI is InChI=1S/B.2Fe.H3Si.Ti/h;;;1H3;. The zero-order chi connectivity index (χ0) is 0. The Morgan fingerprint density at radius 1 is 0.800 bits per heavy atom. The van der Waals surface area contributed by atoms with Crippen molar-refractivity contribution >= 4 is 19.4 Å². The van der Waals surface area contributed by atoms with Gasteiger partial charge in [-0.3, -0.25) is 0 Å². The zero-order valence-corrected chi connectivity index (χ0v) is 8.55. The topological polar surface area (TPSA) is 0 Å². The average Bonchev–Trinajstić information content (AvgIpc) is 0. The quantitative estimate of drug-likeness (QED) is 0.416. The average molecular weight is 201 g/mol. The molecule has 5 heteroatoms. The van der Waals surface area contributed by atoms with Gasteiger partial charge in [-0.1, -0.05) is 0 Å². The zero-order valence-electron chi connectivity index (χ0n) is 2.78. The number of hydrogen-bond acceptors (Lipinski definition) is 0. The first-order valence-electron chi connectivity index (χ1n) is 0. The molecular formula is H3BFe2SiTi. The SMILES string of the molecule is [B].[Fe].[Fe].[SiH3].[Ti]. The minimum absolute atomic E-state index is 0. The number of rotatable bonds is 0. The molecule has 0 saturated heterocycles. The van der Waals surface area contributed by atoms with Gasteiger partial charge in [0.2, 0.25) is 0 Å². The normalized spacial score (nSPS) is 0. The first-order chi connectivity index (χ1) is 0. The Hall–Kier alpha value is 2.04. The van der Waals surface area contributed by atoms with Gasteiger partial charge in [-0.25, -0.2) is 0 Å². The van der Waals surface area contributed by atoms with E-state index in [2.05, 4.69) is 0 Å². The second-order valence-electron chi connectivity index (χ2n) is 0. The molecule has 0 aromatic heterocycles. The van der Waals surface area contributed by atoms with Crippen molar-refractivity contribution in [2.45, 2.75) is 0 Å². The van der Waals surface area contributed by atoms with Gasteiger partial charge in [0.25, 0.3) is 0 Å². The van der Waals surface area contributed by atoms with Crippen LogP contribution in [0.25, 0.3) is 0 Å². The van der Waals surface area contributed by atoms with E-state index in [1.54, 1.807) is 0 Å². The monoisotopic (exact) mass is 202 g/mol. The summed E-state index contributed by atoms with van der Waals surface area (Å²) in [6.07, 6.45) is 0. The van der Waals surface area contributed by atoms with Crippen molar-refractivity contribution in [3.63, 3.8) is 0 Å². The molecule has 0 N–H and O–H groups in total. The van der Waals surface area contributed by atoms with Gasteiger partial charge >= 0.3 is 0 Å². The molecule has 0 aliphatic rings. The first kappa shape index (κ1) is 61.9. The largest absolute Gasteiger partial charge is 0.0125 e. The number of hydrogen-bond donors (Lipinski definition) is 0. The van der Waals surface area contributed by atoms with Gasteiger partial charge in [-0.15, -0.1) is 0 Å². The van der Waals surface area contributed by atoms with Gasteiger partial charge in [0.15, 0.2) is 0 Å². The molecule has 0 heterocycles. The summed E-state index contributed by atoms with van der Waals surface area (Å²) in [5, 5.41) is 0. The summed E-state index contributed by atoms with van der Waals surface area (Å²) in [6, 6.07) is 0. The van der Waals surface area contributed by atoms with E-state index in [0.29, 0.717) is 0 Å². The Bertz CT molecular complexity index is 9.61. The van der Waals surface area contributed by atoms with Crippen LogP contribution in [0.5, 0.6) is 0 Å². The maximum absolute atomic E-state index is 0. The van der Waals surface area contributed by atoms with Crippen LogP contribution in [0, 0.1) is 0 Å². The minimum atomic E-state index is 0. The summed E-state index contributed by atoms with van der Waals surface area (Å²) < 4.78 is 0. The molecule has 0 unspecified atom stereocenters. The van der Waals surface area contributed by atoms with Crippen molar-refractivity contribution in [3.8, 4) is 0 Å². The van der Waals surface area contributed by atoms with Gasteiger partial charge in [0.05, 0.1) is 0 Å². The molecule has 0 aliphatic carbocycles. The first-order valence-corrected chi connectivity index (χ1v) is 0. The van der Waals surface area contributed by atoms with E-state index in [1.165, 1.54) is 0 Å². The van der Waals surface area contributed by atoms with Crippen LogP contribution in [0.3, 0.4) is 0 Å². The molecule has 0 rings (SSSR count). The predicted octanol–water partition coefficient (Wildman–Crippen LogP) is -1.57. The molecule has 0 aromatic rings. The fourth-order valence-electron chi connectivity index (χ4n) is 0. The summed E-state index contributed by atoms with van der Waals surface area (Å²) in [6.45, 7) is 0. The van der Waals surface area contributed by atoms with Crippen molar-refractivity contribution in [1.82, 2.24) is 0 Å². The van der Waals surface area contributed by atoms with E-state index < -0.39 is 0 Å². The van der Waals surface area contributed by atoms with Gasteiger partial charge in [0.1, 0.15) is 0 Å². The second kappa shape index (κ2) is 36.9. The Balaban J connectivity index is 0. The molecule has 0 amide bonds. The minimum Gasteiger partial charge on any atom is -0.0125 e. The van der Waals surface area contributed by atoms with Crippen molar-refractivity contribution in [2.24, 2.45) is 0 Å². The van der Waals surface area contributed by atoms with Crippen molar-refractivity contribution in [3.05, 3.63) is 0 Å². The molecule has 0 spiro atoms. The van der Waals surface area contributed by atoms with E-state index in [9.17, 15) is 0 Å². The molecule has 0 fully saturated rings. The smallest absolute Gasteiger partial charge is 0 e. The molecule has 0 atom stereocenters. The molecule has 0 bridgehead atoms. The van der Waals surface area contributed by atoms with E-state index in [0.717, 1.165) is 0 Å². The maximum Gasteiger partial charge on any atom is 0 e. The van der Waals surface area contributed by atoms with Crippen molar-refractivity contribution in [1.29, 1.82) is 0 Å². The predicted molar refractivity (Wildman–Crippen MR) is 15.7 cm³/mol. The van der Waals surface area contributed by atoms with Crippen molar-refractivity contribution in [2.75, 3.05) is 0 Å². The molecule has 0 aliphatic heterocycles. The van der Waals surface area contributed by atoms with Gasteiger partial charge in [-0.2, -0.15) is 0 Å². The van der Waals surface area contributed by atoms with Gasteiger partial charge in [-0.05, 0) is 11.0 Å². The van der Waals surface area contributed by atoms with E-state index in [1.807, 2.05) is 0 Å². The molecular weight excluding hydrogens is 198 g/mol. The van der Waals surface area contributed by atoms with Crippen LogP contribution >= 0.6 is 0 Å². The molecule has 0 nitrogen and oxygen atoms in total. The van der Waals surface area contributed by atoms with Crippen LogP contribution in [0.15, 0.2) is 0 Å². The summed E-state index contributed by atoms with van der Waals surface area (Å²) in [7, 11) is 0. The summed E-state index contributed by atoms with van der Waals surface area (Å²) in [5.41, 5.74) is 0. The molecule has 5 heavy (non-hydrogen) atoms. The molecule has 30 valence electrons. The van der Waals surface area contributed by atoms with Crippen LogP contribution < -0.4 is 0 Å². The molecule has 0 saturated carbocycles. The van der Waals surface area contributed by atoms with Crippen molar-refractivity contribution < 1.29 is 55.9 Å². The third-order valence-corrected chi connectivity index (χ3v) is 0. The Morgan fingerprint density at radius 2 is 0.800 bits per heavy atom. The Kier molecular flexibility index (Phi) is 457. The Labute approximate surface area is 74.7 Å². The summed E-state index contributed by atoms with van der Waals surface area (Å²) >= 11 is 0. The third-order valence-electron chi connectivity index (χ3n) is 0. The van der Waals surface area contributed by atoms with Crippen LogP contribution in [-0.2, 0) is 55.9 Å². The second-order valence-corrected chi connectivity index (χ2v) is 0. The summed E-state index contributed by atoms with van der Waals surface area (Å²) in [4.78, 5) is 0. The fraction of sp³-hybridized carbons (Fsp3) is 0. The van der Waals surface area contributed by atoms with E-state index in [4.69, 9.17) is 0 Å². The van der Waals surface area contributed by atoms with E-state index >= 15 is 0 Å². The van der Waals surface area contributed by atoms with Crippen LogP contribution in [0.1, 0.15) is 0 Å².